The van der Waals surface area contributed by atoms with Gasteiger partial charge in [-0.2, -0.15) is 0 Å². The Balaban J connectivity index is 2.24. The van der Waals surface area contributed by atoms with Crippen molar-refractivity contribution >= 4 is 5.78 Å². The highest BCUT2D eigenvalue weighted by molar-refractivity contribution is 6.10. The topological polar surface area (TPSA) is 26.3 Å². The van der Waals surface area contributed by atoms with Crippen molar-refractivity contribution < 1.29 is 9.53 Å². The van der Waals surface area contributed by atoms with Gasteiger partial charge in [0, 0.05) is 24.7 Å². The van der Waals surface area contributed by atoms with Crippen molar-refractivity contribution in [2.24, 2.45) is 0 Å². The van der Waals surface area contributed by atoms with E-state index in [-0.39, 0.29) is 11.9 Å². The van der Waals surface area contributed by atoms with Crippen LogP contribution in [-0.4, -0.2) is 19.0 Å². The number of ether oxygens (including phenoxy) is 1. The summed E-state index contributed by atoms with van der Waals surface area (Å²) in [6, 6.07) is 9.24. The molecule has 1 aliphatic carbocycles. The van der Waals surface area contributed by atoms with Crippen molar-refractivity contribution in [3.8, 4) is 11.8 Å². The molecule has 0 saturated heterocycles. The first-order chi connectivity index (χ1) is 8.81. The van der Waals surface area contributed by atoms with Crippen LogP contribution in [0.1, 0.15) is 16.8 Å². The Labute approximate surface area is 107 Å². The molecule has 0 radical (unpaired) electrons. The van der Waals surface area contributed by atoms with E-state index >= 15 is 0 Å². The molecule has 1 aromatic rings. The first-order valence-corrected chi connectivity index (χ1v) is 5.80. The van der Waals surface area contributed by atoms with Crippen LogP contribution in [0, 0.1) is 11.8 Å². The number of ketones is 1. The number of hydrogen-bond donors (Lipinski definition) is 0. The maximum Gasteiger partial charge on any atom is 0.192 e. The number of carbonyl (C=O) groups is 1. The molecule has 1 atom stereocenters. The van der Waals surface area contributed by atoms with Crippen LogP contribution in [0.15, 0.2) is 54.1 Å². The molecule has 18 heavy (non-hydrogen) atoms. The lowest BCUT2D eigenvalue weighted by atomic mass is 10.0. The third-order valence-corrected chi connectivity index (χ3v) is 2.67. The van der Waals surface area contributed by atoms with Crippen LogP contribution >= 0.6 is 0 Å². The lowest BCUT2D eigenvalue weighted by molar-refractivity contribution is 0.103. The van der Waals surface area contributed by atoms with E-state index in [4.69, 9.17) is 4.74 Å². The number of methoxy groups -OCH3 is 1. The molecular weight excluding hydrogens is 224 g/mol. The Morgan fingerprint density at radius 1 is 1.33 bits per heavy atom. The van der Waals surface area contributed by atoms with Gasteiger partial charge >= 0.3 is 0 Å². The fraction of sp³-hybridized carbons (Fsp3) is 0.188. The fourth-order valence-corrected chi connectivity index (χ4v) is 1.69. The molecule has 90 valence electrons. The molecule has 0 bridgehead atoms. The summed E-state index contributed by atoms with van der Waals surface area (Å²) in [4.78, 5) is 12.3. The maximum atomic E-state index is 12.3. The van der Waals surface area contributed by atoms with E-state index in [0.29, 0.717) is 17.6 Å². The normalized spacial score (nSPS) is 20.9. The standard InChI is InChI=1S/C16H14O2/c1-18-15-10-6-5-9-14(11-12-15)16(17)13-7-3-2-4-8-13/h2-4,7-9,11-12,15H,5H2,1H3/b12-11?,14-9+. The highest BCUT2D eigenvalue weighted by atomic mass is 16.5. The van der Waals surface area contributed by atoms with Crippen LogP contribution in [0.2, 0.25) is 0 Å². The van der Waals surface area contributed by atoms with Crippen LogP contribution in [0.25, 0.3) is 0 Å². The van der Waals surface area contributed by atoms with Crippen LogP contribution in [0.5, 0.6) is 0 Å². The van der Waals surface area contributed by atoms with Gasteiger partial charge in [-0.3, -0.25) is 4.79 Å². The second-order valence-corrected chi connectivity index (χ2v) is 3.90. The third kappa shape index (κ3) is 2.97. The lowest BCUT2D eigenvalue weighted by Crippen LogP contribution is -2.07. The number of benzene rings is 1. The number of carbonyl (C=O) groups excluding carboxylic acids is 1. The predicted octanol–water partition coefficient (Wildman–Crippen LogP) is 2.77. The number of hydrogen-bond acceptors (Lipinski definition) is 2. The van der Waals surface area contributed by atoms with Gasteiger partial charge in [-0.1, -0.05) is 54.3 Å². The minimum atomic E-state index is -0.239. The fourth-order valence-electron chi connectivity index (χ4n) is 1.69. The van der Waals surface area contributed by atoms with Crippen molar-refractivity contribution in [3.63, 3.8) is 0 Å². The highest BCUT2D eigenvalue weighted by Crippen LogP contribution is 2.12. The summed E-state index contributed by atoms with van der Waals surface area (Å²) in [7, 11) is 1.60. The maximum absolute atomic E-state index is 12.3. The van der Waals surface area contributed by atoms with Gasteiger partial charge < -0.3 is 4.74 Å². The van der Waals surface area contributed by atoms with E-state index in [1.807, 2.05) is 36.4 Å². The van der Waals surface area contributed by atoms with E-state index < -0.39 is 0 Å². The Bertz CT molecular complexity index is 541. The second-order valence-electron chi connectivity index (χ2n) is 3.90. The summed E-state index contributed by atoms with van der Waals surface area (Å²) in [5.41, 5.74) is 1.35. The van der Waals surface area contributed by atoms with Gasteiger partial charge in [-0.15, -0.1) is 0 Å². The smallest absolute Gasteiger partial charge is 0.192 e. The highest BCUT2D eigenvalue weighted by Gasteiger charge is 2.10. The summed E-state index contributed by atoms with van der Waals surface area (Å²) in [5, 5.41) is 0. The molecule has 2 rings (SSSR count). The van der Waals surface area contributed by atoms with Gasteiger partial charge in [0.15, 0.2) is 5.78 Å². The summed E-state index contributed by atoms with van der Waals surface area (Å²) in [6.07, 6.45) is 5.77. The molecule has 2 heteroatoms. The van der Waals surface area contributed by atoms with Crippen molar-refractivity contribution in [1.82, 2.24) is 0 Å². The van der Waals surface area contributed by atoms with Crippen molar-refractivity contribution in [2.45, 2.75) is 12.5 Å². The zero-order chi connectivity index (χ0) is 12.8. The van der Waals surface area contributed by atoms with E-state index in [2.05, 4.69) is 11.8 Å². The van der Waals surface area contributed by atoms with E-state index in [0.717, 1.165) is 0 Å². The van der Waals surface area contributed by atoms with Crippen molar-refractivity contribution in [2.75, 3.05) is 7.11 Å². The van der Waals surface area contributed by atoms with E-state index in [9.17, 15) is 4.79 Å². The van der Waals surface area contributed by atoms with Gasteiger partial charge in [0.1, 0.15) is 6.10 Å². The van der Waals surface area contributed by atoms with Crippen molar-refractivity contribution in [1.29, 1.82) is 0 Å². The zero-order valence-corrected chi connectivity index (χ0v) is 10.2. The predicted molar refractivity (Wildman–Crippen MR) is 71.2 cm³/mol. The summed E-state index contributed by atoms with van der Waals surface area (Å²) in [5.74, 6) is 5.94. The van der Waals surface area contributed by atoms with Crippen LogP contribution in [-0.2, 0) is 4.74 Å². The Hall–Kier alpha value is -2.11. The molecule has 0 aromatic heterocycles. The Kier molecular flexibility index (Phi) is 4.11. The molecule has 0 amide bonds. The third-order valence-electron chi connectivity index (χ3n) is 2.67. The minimum Gasteiger partial charge on any atom is -0.365 e. The van der Waals surface area contributed by atoms with Gasteiger partial charge in [0.25, 0.3) is 0 Å². The molecule has 0 aliphatic heterocycles. The molecule has 1 aromatic carbocycles. The quantitative estimate of drug-likeness (QED) is 0.598. The monoisotopic (exact) mass is 238 g/mol. The molecule has 2 nitrogen and oxygen atoms in total. The molecular formula is C16H14O2. The minimum absolute atomic E-state index is 0.0189. The van der Waals surface area contributed by atoms with Gasteiger partial charge in [-0.25, -0.2) is 0 Å². The summed E-state index contributed by atoms with van der Waals surface area (Å²) >= 11 is 0. The van der Waals surface area contributed by atoms with Crippen molar-refractivity contribution in [3.05, 3.63) is 59.7 Å². The molecule has 0 N–H and O–H groups in total. The molecule has 0 spiro atoms. The van der Waals surface area contributed by atoms with E-state index in [1.54, 1.807) is 19.3 Å². The molecule has 1 unspecified atom stereocenters. The first-order valence-electron chi connectivity index (χ1n) is 5.80. The van der Waals surface area contributed by atoms with Crippen LogP contribution < -0.4 is 0 Å². The molecule has 0 heterocycles. The van der Waals surface area contributed by atoms with Gasteiger partial charge in [0.2, 0.25) is 0 Å². The van der Waals surface area contributed by atoms with Gasteiger partial charge in [-0.05, 0) is 6.08 Å². The summed E-state index contributed by atoms with van der Waals surface area (Å²) < 4.78 is 5.16. The average Bonchev–Trinajstić information content (AvgIpc) is 2.39. The SMILES string of the molecule is COC1C#CC/C=C(/C(=O)c2ccccc2)C=C1. The first kappa shape index (κ1) is 12.3. The average molecular weight is 238 g/mol. The molecule has 1 aliphatic rings. The Morgan fingerprint density at radius 2 is 2.11 bits per heavy atom. The lowest BCUT2D eigenvalue weighted by Gasteiger charge is -2.06. The number of allylic oxidation sites excluding steroid dienone is 3. The van der Waals surface area contributed by atoms with Crippen LogP contribution in [0.3, 0.4) is 0 Å². The largest absolute Gasteiger partial charge is 0.365 e. The number of rotatable bonds is 3. The molecule has 0 saturated carbocycles. The number of Topliss-reactive ketones (excluding diaryl/α,β-unsaturated/α-hetero) is 1. The Morgan fingerprint density at radius 3 is 2.83 bits per heavy atom. The summed E-state index contributed by atoms with van der Waals surface area (Å²) in [6.45, 7) is 0. The zero-order valence-electron chi connectivity index (χ0n) is 10.2. The van der Waals surface area contributed by atoms with E-state index in [1.165, 1.54) is 0 Å². The van der Waals surface area contributed by atoms with Gasteiger partial charge in [0.05, 0.1) is 0 Å². The molecule has 0 fully saturated rings. The van der Waals surface area contributed by atoms with Crippen LogP contribution in [0.4, 0.5) is 0 Å². The second kappa shape index (κ2) is 6.00.